The second-order valence-corrected chi connectivity index (χ2v) is 7.51. The minimum atomic E-state index is -0.752. The predicted octanol–water partition coefficient (Wildman–Crippen LogP) is 5.97. The van der Waals surface area contributed by atoms with Crippen LogP contribution in [0.1, 0.15) is 39.5 Å². The molecule has 3 aromatic carbocycles. The Bertz CT molecular complexity index is 984. The SMILES string of the molecule is COc1ccc(CNc2ccc(Cl)cc2C(O)c2cccc(C)c2C)c(C)c1. The number of methoxy groups -OCH3 is 1. The zero-order chi connectivity index (χ0) is 20.3. The fourth-order valence-electron chi connectivity index (χ4n) is 3.34. The molecule has 3 nitrogen and oxygen atoms in total. The summed E-state index contributed by atoms with van der Waals surface area (Å²) >= 11 is 6.24. The molecule has 1 unspecified atom stereocenters. The molecule has 3 rings (SSSR count). The molecule has 0 fully saturated rings. The summed E-state index contributed by atoms with van der Waals surface area (Å²) in [5.41, 5.74) is 7.10. The number of hydrogen-bond donors (Lipinski definition) is 2. The van der Waals surface area contributed by atoms with Crippen LogP contribution < -0.4 is 10.1 Å². The Morgan fingerprint density at radius 2 is 1.75 bits per heavy atom. The van der Waals surface area contributed by atoms with Gasteiger partial charge in [0, 0.05) is 22.8 Å². The number of aliphatic hydroxyl groups is 1. The van der Waals surface area contributed by atoms with E-state index in [0.29, 0.717) is 11.6 Å². The van der Waals surface area contributed by atoms with E-state index in [4.69, 9.17) is 16.3 Å². The van der Waals surface area contributed by atoms with Gasteiger partial charge in [0.25, 0.3) is 0 Å². The van der Waals surface area contributed by atoms with Gasteiger partial charge in [0.05, 0.1) is 7.11 Å². The molecule has 3 aromatic rings. The van der Waals surface area contributed by atoms with Crippen LogP contribution in [0.3, 0.4) is 0 Å². The Balaban J connectivity index is 1.90. The minimum absolute atomic E-state index is 0.602. The van der Waals surface area contributed by atoms with Gasteiger partial charge in [-0.1, -0.05) is 35.9 Å². The van der Waals surface area contributed by atoms with Crippen molar-refractivity contribution < 1.29 is 9.84 Å². The van der Waals surface area contributed by atoms with E-state index in [2.05, 4.69) is 31.3 Å². The first kappa shape index (κ1) is 20.2. The third-order valence-corrected chi connectivity index (χ3v) is 5.50. The Kier molecular flexibility index (Phi) is 6.28. The molecule has 1 atom stereocenters. The third kappa shape index (κ3) is 4.32. The van der Waals surface area contributed by atoms with Gasteiger partial charge in [-0.05, 0) is 78.9 Å². The molecule has 2 N–H and O–H groups in total. The number of aryl methyl sites for hydroxylation is 2. The first-order chi connectivity index (χ1) is 13.4. The molecule has 0 spiro atoms. The largest absolute Gasteiger partial charge is 0.497 e. The van der Waals surface area contributed by atoms with E-state index in [9.17, 15) is 5.11 Å². The zero-order valence-corrected chi connectivity index (χ0v) is 17.5. The molecule has 0 saturated carbocycles. The fourth-order valence-corrected chi connectivity index (χ4v) is 3.52. The normalized spacial score (nSPS) is 11.9. The fraction of sp³-hybridized carbons (Fsp3) is 0.250. The minimum Gasteiger partial charge on any atom is -0.497 e. The number of rotatable bonds is 6. The van der Waals surface area contributed by atoms with Crippen molar-refractivity contribution in [3.05, 3.63) is 93.0 Å². The van der Waals surface area contributed by atoms with Crippen LogP contribution in [0.2, 0.25) is 5.02 Å². The summed E-state index contributed by atoms with van der Waals surface area (Å²) in [7, 11) is 1.67. The van der Waals surface area contributed by atoms with Gasteiger partial charge >= 0.3 is 0 Å². The Labute approximate surface area is 171 Å². The maximum absolute atomic E-state index is 11.1. The number of ether oxygens (including phenoxy) is 1. The molecular formula is C24H26ClNO2. The Morgan fingerprint density at radius 3 is 2.46 bits per heavy atom. The molecule has 0 aliphatic heterocycles. The lowest BCUT2D eigenvalue weighted by Crippen LogP contribution is -2.09. The van der Waals surface area contributed by atoms with E-state index in [-0.39, 0.29) is 0 Å². The van der Waals surface area contributed by atoms with Crippen molar-refractivity contribution in [3.63, 3.8) is 0 Å². The molecule has 0 heterocycles. The van der Waals surface area contributed by atoms with Crippen molar-refractivity contribution in [3.8, 4) is 5.75 Å². The van der Waals surface area contributed by atoms with Crippen LogP contribution in [0.25, 0.3) is 0 Å². The smallest absolute Gasteiger partial charge is 0.119 e. The van der Waals surface area contributed by atoms with Gasteiger partial charge in [-0.2, -0.15) is 0 Å². The highest BCUT2D eigenvalue weighted by molar-refractivity contribution is 6.30. The zero-order valence-electron chi connectivity index (χ0n) is 16.7. The van der Waals surface area contributed by atoms with Crippen LogP contribution in [0.15, 0.2) is 54.6 Å². The average Bonchev–Trinajstić information content (AvgIpc) is 2.69. The third-order valence-electron chi connectivity index (χ3n) is 5.27. The predicted molar refractivity (Wildman–Crippen MR) is 116 cm³/mol. The maximum Gasteiger partial charge on any atom is 0.119 e. The summed E-state index contributed by atoms with van der Waals surface area (Å²) in [6.45, 7) is 6.79. The van der Waals surface area contributed by atoms with E-state index in [1.807, 2.05) is 49.4 Å². The van der Waals surface area contributed by atoms with Gasteiger partial charge in [-0.25, -0.2) is 0 Å². The highest BCUT2D eigenvalue weighted by atomic mass is 35.5. The number of benzene rings is 3. The second-order valence-electron chi connectivity index (χ2n) is 7.07. The molecule has 0 radical (unpaired) electrons. The number of hydrogen-bond acceptors (Lipinski definition) is 3. The van der Waals surface area contributed by atoms with Gasteiger partial charge < -0.3 is 15.2 Å². The van der Waals surface area contributed by atoms with Gasteiger partial charge in [0.15, 0.2) is 0 Å². The van der Waals surface area contributed by atoms with E-state index >= 15 is 0 Å². The summed E-state index contributed by atoms with van der Waals surface area (Å²) in [5, 5.41) is 15.2. The van der Waals surface area contributed by atoms with Crippen molar-refractivity contribution in [2.75, 3.05) is 12.4 Å². The molecule has 0 amide bonds. The summed E-state index contributed by atoms with van der Waals surface area (Å²) in [5.74, 6) is 0.846. The lowest BCUT2D eigenvalue weighted by atomic mass is 9.94. The van der Waals surface area contributed by atoms with Gasteiger partial charge in [0.2, 0.25) is 0 Å². The molecule has 0 aliphatic rings. The number of halogens is 1. The second kappa shape index (κ2) is 8.68. The van der Waals surface area contributed by atoms with E-state index in [1.165, 1.54) is 5.56 Å². The summed E-state index contributed by atoms with van der Waals surface area (Å²) < 4.78 is 5.28. The van der Waals surface area contributed by atoms with E-state index in [0.717, 1.165) is 39.3 Å². The molecule has 28 heavy (non-hydrogen) atoms. The highest BCUT2D eigenvalue weighted by Gasteiger charge is 2.18. The monoisotopic (exact) mass is 395 g/mol. The van der Waals surface area contributed by atoms with Crippen LogP contribution in [0.5, 0.6) is 5.75 Å². The van der Waals surface area contributed by atoms with Crippen molar-refractivity contribution in [1.82, 2.24) is 0 Å². The van der Waals surface area contributed by atoms with Crippen LogP contribution in [0.4, 0.5) is 5.69 Å². The lowest BCUT2D eigenvalue weighted by molar-refractivity contribution is 0.220. The molecule has 146 valence electrons. The Hall–Kier alpha value is -2.49. The van der Waals surface area contributed by atoms with Crippen molar-refractivity contribution in [2.24, 2.45) is 0 Å². The van der Waals surface area contributed by atoms with Crippen molar-refractivity contribution >= 4 is 17.3 Å². The Morgan fingerprint density at radius 1 is 0.964 bits per heavy atom. The van der Waals surface area contributed by atoms with E-state index < -0.39 is 6.10 Å². The quantitative estimate of drug-likeness (QED) is 0.540. The van der Waals surface area contributed by atoms with Crippen LogP contribution in [-0.2, 0) is 6.54 Å². The van der Waals surface area contributed by atoms with E-state index in [1.54, 1.807) is 7.11 Å². The van der Waals surface area contributed by atoms with Gasteiger partial charge in [-0.15, -0.1) is 0 Å². The molecule has 0 saturated heterocycles. The first-order valence-electron chi connectivity index (χ1n) is 9.31. The summed E-state index contributed by atoms with van der Waals surface area (Å²) in [6, 6.07) is 17.6. The van der Waals surface area contributed by atoms with Crippen molar-refractivity contribution in [2.45, 2.75) is 33.4 Å². The average molecular weight is 396 g/mol. The highest BCUT2D eigenvalue weighted by Crippen LogP contribution is 2.33. The standard InChI is InChI=1S/C24H26ClNO2/c1-15-6-5-7-21(17(15)3)24(27)22-13-19(25)9-11-23(22)26-14-18-8-10-20(28-4)12-16(18)2/h5-13,24,26-27H,14H2,1-4H3. The molecule has 4 heteroatoms. The topological polar surface area (TPSA) is 41.5 Å². The number of anilines is 1. The first-order valence-corrected chi connectivity index (χ1v) is 9.69. The van der Waals surface area contributed by atoms with Gasteiger partial charge in [0.1, 0.15) is 11.9 Å². The molecular weight excluding hydrogens is 370 g/mol. The summed E-state index contributed by atoms with van der Waals surface area (Å²) in [4.78, 5) is 0. The van der Waals surface area contributed by atoms with Crippen LogP contribution in [0, 0.1) is 20.8 Å². The summed E-state index contributed by atoms with van der Waals surface area (Å²) in [6.07, 6.45) is -0.752. The molecule has 0 aliphatic carbocycles. The number of nitrogens with one attached hydrogen (secondary N) is 1. The molecule has 0 bridgehead atoms. The van der Waals surface area contributed by atoms with Crippen molar-refractivity contribution in [1.29, 1.82) is 0 Å². The van der Waals surface area contributed by atoms with Crippen LogP contribution >= 0.6 is 11.6 Å². The number of aliphatic hydroxyl groups excluding tert-OH is 1. The van der Waals surface area contributed by atoms with Crippen LogP contribution in [-0.4, -0.2) is 12.2 Å². The maximum atomic E-state index is 11.1. The lowest BCUT2D eigenvalue weighted by Gasteiger charge is -2.20. The van der Waals surface area contributed by atoms with Gasteiger partial charge in [-0.3, -0.25) is 0 Å². The molecule has 0 aromatic heterocycles.